The third-order valence-corrected chi connectivity index (χ3v) is 9.10. The Morgan fingerprint density at radius 1 is 1.21 bits per heavy atom. The van der Waals surface area contributed by atoms with Crippen LogP contribution in [-0.4, -0.2) is 32.6 Å². The predicted octanol–water partition coefficient (Wildman–Crippen LogP) is 5.93. The summed E-state index contributed by atoms with van der Waals surface area (Å²) in [5.41, 5.74) is 8.60. The number of hydrogen-bond acceptors (Lipinski definition) is 10. The summed E-state index contributed by atoms with van der Waals surface area (Å²) in [5.74, 6) is -0.389. The van der Waals surface area contributed by atoms with Crippen molar-refractivity contribution in [2.24, 2.45) is 5.73 Å². The molecule has 1 aromatic carbocycles. The topological polar surface area (TPSA) is 138 Å². The minimum absolute atomic E-state index is 0.0656. The molecule has 9 nitrogen and oxygen atoms in total. The number of nitriles is 1. The molecule has 1 atom stereocenters. The van der Waals surface area contributed by atoms with Crippen LogP contribution in [0.15, 0.2) is 63.5 Å². The number of Topliss-reactive ketones (excluding diaryl/α,β-unsaturated/α-hetero) is 1. The highest BCUT2D eigenvalue weighted by atomic mass is 35.5. The van der Waals surface area contributed by atoms with Gasteiger partial charge in [0.05, 0.1) is 38.4 Å². The first-order valence-corrected chi connectivity index (χ1v) is 14.5. The van der Waals surface area contributed by atoms with Gasteiger partial charge in [-0.15, -0.1) is 10.2 Å². The van der Waals surface area contributed by atoms with Gasteiger partial charge in [-0.05, 0) is 42.7 Å². The summed E-state index contributed by atoms with van der Waals surface area (Å²) in [6, 6.07) is 10.5. The minimum Gasteiger partial charge on any atom is -0.384 e. The second-order valence-electron chi connectivity index (χ2n) is 8.54. The Labute approximate surface area is 246 Å². The first kappa shape index (κ1) is 27.4. The number of benzene rings is 1. The Morgan fingerprint density at radius 3 is 2.74 bits per heavy atom. The molecule has 14 heteroatoms. The summed E-state index contributed by atoms with van der Waals surface area (Å²) in [5, 5.41) is 22.9. The van der Waals surface area contributed by atoms with Crippen molar-refractivity contribution in [2.45, 2.75) is 29.5 Å². The van der Waals surface area contributed by atoms with Crippen molar-refractivity contribution in [1.29, 1.82) is 5.26 Å². The number of pyridine rings is 1. The van der Waals surface area contributed by atoms with Gasteiger partial charge >= 0.3 is 0 Å². The van der Waals surface area contributed by atoms with E-state index in [1.165, 1.54) is 29.3 Å². The average molecular weight is 619 g/mol. The molecule has 3 N–H and O–H groups in total. The number of amides is 1. The van der Waals surface area contributed by atoms with E-state index in [4.69, 9.17) is 40.5 Å². The molecule has 5 rings (SSSR count). The highest BCUT2D eigenvalue weighted by molar-refractivity contribution is 8.01. The average Bonchev–Trinajstić information content (AvgIpc) is 3.38. The molecule has 0 fully saturated rings. The molecule has 39 heavy (non-hydrogen) atoms. The second-order valence-corrected chi connectivity index (χ2v) is 12.0. The molecule has 0 radical (unpaired) electrons. The van der Waals surface area contributed by atoms with Gasteiger partial charge in [-0.3, -0.25) is 14.5 Å². The first-order valence-electron chi connectivity index (χ1n) is 11.6. The van der Waals surface area contributed by atoms with Gasteiger partial charge in [0.15, 0.2) is 10.1 Å². The number of thioether (sulfide) groups is 1. The van der Waals surface area contributed by atoms with Crippen LogP contribution in [0.3, 0.4) is 0 Å². The lowest BCUT2D eigenvalue weighted by Crippen LogP contribution is -2.38. The molecule has 0 bridgehead atoms. The van der Waals surface area contributed by atoms with Gasteiger partial charge in [-0.2, -0.15) is 5.26 Å². The van der Waals surface area contributed by atoms with Crippen molar-refractivity contribution in [3.8, 4) is 6.07 Å². The predicted molar refractivity (Wildman–Crippen MR) is 153 cm³/mol. The van der Waals surface area contributed by atoms with Crippen LogP contribution in [0.2, 0.25) is 15.1 Å². The number of carbonyl (C=O) groups is 2. The van der Waals surface area contributed by atoms with Gasteiger partial charge < -0.3 is 11.1 Å². The van der Waals surface area contributed by atoms with Crippen molar-refractivity contribution in [3.63, 3.8) is 0 Å². The first-order chi connectivity index (χ1) is 18.8. The molecular weight excluding hydrogens is 601 g/mol. The normalized spacial score (nSPS) is 17.2. The highest BCUT2D eigenvalue weighted by Gasteiger charge is 2.41. The van der Waals surface area contributed by atoms with E-state index in [0.717, 1.165) is 0 Å². The van der Waals surface area contributed by atoms with Crippen molar-refractivity contribution < 1.29 is 9.59 Å². The third-order valence-electron chi connectivity index (χ3n) is 6.10. The summed E-state index contributed by atoms with van der Waals surface area (Å²) in [7, 11) is 0. The number of anilines is 2. The Morgan fingerprint density at radius 2 is 2.03 bits per heavy atom. The molecule has 198 valence electrons. The number of rotatable bonds is 6. The third kappa shape index (κ3) is 5.62. The Hall–Kier alpha value is -3.14. The van der Waals surface area contributed by atoms with Crippen molar-refractivity contribution >= 4 is 80.5 Å². The lowest BCUT2D eigenvalue weighted by atomic mass is 9.76. The standard InChI is InChI=1S/C25H18Cl3N7O2S2/c26-13-5-7-19(31-10-13)32-20(37)11-38-25-34-33-24(39-25)35-17-2-1-3-18(36)22(17)21(14(9-29)23(35)30)12-4-6-15(27)16(28)8-12/h4-8,10,21H,1-3,11,30H2,(H,31,32,37). The van der Waals surface area contributed by atoms with Gasteiger partial charge in [0.25, 0.3) is 0 Å². The number of carbonyl (C=O) groups excluding carboxylic acids is 2. The summed E-state index contributed by atoms with van der Waals surface area (Å²) < 4.78 is 0.520. The number of nitrogens with two attached hydrogens (primary N) is 1. The van der Waals surface area contributed by atoms with Gasteiger partial charge in [0.1, 0.15) is 11.6 Å². The number of ketones is 1. The molecule has 1 amide bonds. The van der Waals surface area contributed by atoms with E-state index in [1.807, 2.05) is 0 Å². The van der Waals surface area contributed by atoms with Crippen LogP contribution >= 0.6 is 57.9 Å². The zero-order valence-electron chi connectivity index (χ0n) is 20.0. The molecule has 0 saturated heterocycles. The van der Waals surface area contributed by atoms with Crippen LogP contribution in [0.4, 0.5) is 10.9 Å². The van der Waals surface area contributed by atoms with Crippen molar-refractivity contribution in [3.05, 3.63) is 79.8 Å². The smallest absolute Gasteiger partial charge is 0.235 e. The number of allylic oxidation sites excluding steroid dienone is 3. The molecule has 0 spiro atoms. The molecule has 2 aromatic heterocycles. The Bertz CT molecular complexity index is 1580. The van der Waals surface area contributed by atoms with E-state index < -0.39 is 5.92 Å². The van der Waals surface area contributed by atoms with Gasteiger partial charge in [0, 0.05) is 23.9 Å². The fourth-order valence-corrected chi connectivity index (χ4v) is 6.54. The monoisotopic (exact) mass is 617 g/mol. The summed E-state index contributed by atoms with van der Waals surface area (Å²) in [4.78, 5) is 31.3. The van der Waals surface area contributed by atoms with Gasteiger partial charge in [0.2, 0.25) is 11.0 Å². The number of nitrogens with one attached hydrogen (secondary N) is 1. The number of aromatic nitrogens is 3. The van der Waals surface area contributed by atoms with Gasteiger partial charge in [-0.25, -0.2) is 4.98 Å². The van der Waals surface area contributed by atoms with E-state index in [2.05, 4.69) is 26.6 Å². The van der Waals surface area contributed by atoms with E-state index in [9.17, 15) is 14.9 Å². The van der Waals surface area contributed by atoms with Crippen LogP contribution < -0.4 is 16.0 Å². The highest BCUT2D eigenvalue weighted by Crippen LogP contribution is 2.47. The van der Waals surface area contributed by atoms with E-state index in [-0.39, 0.29) is 28.8 Å². The maximum Gasteiger partial charge on any atom is 0.235 e. The second kappa shape index (κ2) is 11.5. The van der Waals surface area contributed by atoms with Gasteiger partial charge in [-0.1, -0.05) is 64.0 Å². The fourth-order valence-electron chi connectivity index (χ4n) is 4.44. The zero-order chi connectivity index (χ0) is 27.7. The van der Waals surface area contributed by atoms with E-state index in [1.54, 1.807) is 35.2 Å². The minimum atomic E-state index is -0.671. The number of hydrogen-bond donors (Lipinski definition) is 2. The molecule has 0 saturated carbocycles. The summed E-state index contributed by atoms with van der Waals surface area (Å²) >= 11 is 20.6. The summed E-state index contributed by atoms with van der Waals surface area (Å²) in [6.45, 7) is 0. The lowest BCUT2D eigenvalue weighted by Gasteiger charge is -2.38. The molecule has 1 aliphatic heterocycles. The maximum atomic E-state index is 13.3. The zero-order valence-corrected chi connectivity index (χ0v) is 23.9. The number of nitrogens with zero attached hydrogens (tertiary/aromatic N) is 5. The molecule has 3 aromatic rings. The quantitative estimate of drug-likeness (QED) is 0.322. The van der Waals surface area contributed by atoms with Crippen LogP contribution in [0.25, 0.3) is 0 Å². The van der Waals surface area contributed by atoms with Crippen molar-refractivity contribution in [2.75, 3.05) is 16.0 Å². The molecular formula is C25H18Cl3N7O2S2. The Kier molecular flexibility index (Phi) is 8.11. The SMILES string of the molecule is N#CC1=C(N)N(c2nnc(SCC(=O)Nc3ccc(Cl)cn3)s2)C2=C(C(=O)CCC2)C1c1ccc(Cl)c(Cl)c1. The molecule has 3 heterocycles. The molecule has 2 aliphatic rings. The van der Waals surface area contributed by atoms with Crippen LogP contribution in [0.5, 0.6) is 0 Å². The van der Waals surface area contributed by atoms with Crippen LogP contribution in [0, 0.1) is 11.3 Å². The molecule has 1 unspecified atom stereocenters. The van der Waals surface area contributed by atoms with Crippen LogP contribution in [0.1, 0.15) is 30.7 Å². The number of halogens is 3. The van der Waals surface area contributed by atoms with E-state index in [0.29, 0.717) is 66.5 Å². The maximum absolute atomic E-state index is 13.3. The fraction of sp³-hybridized carbons (Fsp3) is 0.200. The summed E-state index contributed by atoms with van der Waals surface area (Å²) in [6.07, 6.45) is 3.00. The largest absolute Gasteiger partial charge is 0.384 e. The van der Waals surface area contributed by atoms with Crippen molar-refractivity contribution in [1.82, 2.24) is 15.2 Å². The van der Waals surface area contributed by atoms with E-state index >= 15 is 0 Å². The van der Waals surface area contributed by atoms with Crippen LogP contribution in [-0.2, 0) is 9.59 Å². The Balaban J connectivity index is 1.43. The molecule has 1 aliphatic carbocycles. The lowest BCUT2D eigenvalue weighted by molar-refractivity contribution is -0.116.